The van der Waals surface area contributed by atoms with E-state index in [0.29, 0.717) is 17.9 Å². The molecule has 2 N–H and O–H groups in total. The van der Waals surface area contributed by atoms with Crippen LogP contribution < -0.4 is 10.6 Å². The number of carbonyl (C=O) groups excluding carboxylic acids is 1. The van der Waals surface area contributed by atoms with Gasteiger partial charge in [-0.25, -0.2) is 18.4 Å². The van der Waals surface area contributed by atoms with Crippen molar-refractivity contribution in [2.24, 2.45) is 0 Å². The molecule has 2 rings (SSSR count). The summed E-state index contributed by atoms with van der Waals surface area (Å²) < 4.78 is 22.7. The molecule has 0 bridgehead atoms. The summed E-state index contributed by atoms with van der Waals surface area (Å²) >= 11 is 0. The van der Waals surface area contributed by atoms with Crippen LogP contribution in [0.1, 0.15) is 37.0 Å². The third kappa shape index (κ3) is 4.38. The quantitative estimate of drug-likeness (QED) is 0.826. The molecule has 2 atom stereocenters. The highest BCUT2D eigenvalue weighted by atomic mass is 32.2. The Kier molecular flexibility index (Phi) is 4.76. The standard InChI is InChI=1S/C13H20N4O3S/c1-3-9(2)16-12(18)10-6-14-13(15-7-10)17-11-4-5-21(19,20)8-11/h6-7,9,11H,3-5,8H2,1-2H3,(H,16,18)(H,14,15,17). The zero-order chi connectivity index (χ0) is 15.5. The molecule has 7 nitrogen and oxygen atoms in total. The van der Waals surface area contributed by atoms with Crippen molar-refractivity contribution < 1.29 is 13.2 Å². The molecule has 1 fully saturated rings. The molecule has 2 heterocycles. The van der Waals surface area contributed by atoms with Crippen molar-refractivity contribution in [1.82, 2.24) is 15.3 Å². The number of hydrogen-bond donors (Lipinski definition) is 2. The molecule has 0 radical (unpaired) electrons. The number of sulfone groups is 1. The van der Waals surface area contributed by atoms with Gasteiger partial charge in [0.2, 0.25) is 5.95 Å². The SMILES string of the molecule is CCC(C)NC(=O)c1cnc(NC2CCS(=O)(=O)C2)nc1. The molecule has 21 heavy (non-hydrogen) atoms. The van der Waals surface area contributed by atoms with Crippen LogP contribution in [0.4, 0.5) is 5.95 Å². The van der Waals surface area contributed by atoms with Crippen LogP contribution in [0.5, 0.6) is 0 Å². The summed E-state index contributed by atoms with van der Waals surface area (Å²) in [6.45, 7) is 3.92. The lowest BCUT2D eigenvalue weighted by atomic mass is 10.2. The Hall–Kier alpha value is -1.70. The van der Waals surface area contributed by atoms with Crippen molar-refractivity contribution in [3.8, 4) is 0 Å². The van der Waals surface area contributed by atoms with Crippen molar-refractivity contribution >= 4 is 21.7 Å². The first kappa shape index (κ1) is 15.7. The first-order chi connectivity index (χ1) is 9.89. The highest BCUT2D eigenvalue weighted by molar-refractivity contribution is 7.91. The fraction of sp³-hybridized carbons (Fsp3) is 0.615. The van der Waals surface area contributed by atoms with Crippen molar-refractivity contribution in [3.63, 3.8) is 0 Å². The number of hydrogen-bond acceptors (Lipinski definition) is 6. The topological polar surface area (TPSA) is 101 Å². The Morgan fingerprint density at radius 2 is 2.10 bits per heavy atom. The molecule has 0 aliphatic carbocycles. The van der Waals surface area contributed by atoms with Crippen molar-refractivity contribution in [1.29, 1.82) is 0 Å². The lowest BCUT2D eigenvalue weighted by molar-refractivity contribution is 0.0938. The van der Waals surface area contributed by atoms with Gasteiger partial charge < -0.3 is 10.6 Å². The number of carbonyl (C=O) groups is 1. The van der Waals surface area contributed by atoms with Crippen LogP contribution in [0.25, 0.3) is 0 Å². The van der Waals surface area contributed by atoms with Gasteiger partial charge in [-0.2, -0.15) is 0 Å². The average molecular weight is 312 g/mol. The lowest BCUT2D eigenvalue weighted by Crippen LogP contribution is -2.32. The molecule has 2 unspecified atom stereocenters. The van der Waals surface area contributed by atoms with Crippen LogP contribution in [-0.2, 0) is 9.84 Å². The van der Waals surface area contributed by atoms with E-state index in [0.717, 1.165) is 6.42 Å². The summed E-state index contributed by atoms with van der Waals surface area (Å²) in [5.41, 5.74) is 0.389. The number of anilines is 1. The minimum absolute atomic E-state index is 0.0963. The largest absolute Gasteiger partial charge is 0.350 e. The van der Waals surface area contributed by atoms with E-state index in [1.165, 1.54) is 12.4 Å². The molecule has 1 aliphatic heterocycles. The van der Waals surface area contributed by atoms with Gasteiger partial charge in [-0.3, -0.25) is 4.79 Å². The molecule has 0 saturated carbocycles. The van der Waals surface area contributed by atoms with Gasteiger partial charge >= 0.3 is 0 Å². The number of amides is 1. The van der Waals surface area contributed by atoms with E-state index in [-0.39, 0.29) is 29.5 Å². The maximum absolute atomic E-state index is 11.9. The molecule has 0 spiro atoms. The van der Waals surface area contributed by atoms with Crippen molar-refractivity contribution in [3.05, 3.63) is 18.0 Å². The molecular weight excluding hydrogens is 292 g/mol. The first-order valence-electron chi connectivity index (χ1n) is 6.99. The van der Waals surface area contributed by atoms with Gasteiger partial charge in [0.15, 0.2) is 9.84 Å². The monoisotopic (exact) mass is 312 g/mol. The Morgan fingerprint density at radius 1 is 1.43 bits per heavy atom. The fourth-order valence-corrected chi connectivity index (χ4v) is 3.69. The van der Waals surface area contributed by atoms with E-state index < -0.39 is 9.84 Å². The van der Waals surface area contributed by atoms with Gasteiger partial charge in [0.25, 0.3) is 5.91 Å². The normalized spacial score (nSPS) is 21.7. The minimum Gasteiger partial charge on any atom is -0.350 e. The Labute approximate surface area is 124 Å². The fourth-order valence-electron chi connectivity index (χ4n) is 2.02. The van der Waals surface area contributed by atoms with Crippen LogP contribution >= 0.6 is 0 Å². The highest BCUT2D eigenvalue weighted by Crippen LogP contribution is 2.15. The molecule has 0 aromatic carbocycles. The predicted molar refractivity (Wildman–Crippen MR) is 79.9 cm³/mol. The third-order valence-electron chi connectivity index (χ3n) is 3.47. The molecule has 8 heteroatoms. The van der Waals surface area contributed by atoms with Crippen molar-refractivity contribution in [2.45, 2.75) is 38.8 Å². The molecule has 1 aromatic heterocycles. The third-order valence-corrected chi connectivity index (χ3v) is 5.24. The zero-order valence-corrected chi connectivity index (χ0v) is 13.0. The van der Waals surface area contributed by atoms with E-state index in [1.54, 1.807) is 0 Å². The van der Waals surface area contributed by atoms with E-state index >= 15 is 0 Å². The maximum atomic E-state index is 11.9. The highest BCUT2D eigenvalue weighted by Gasteiger charge is 2.28. The van der Waals surface area contributed by atoms with E-state index in [9.17, 15) is 13.2 Å². The summed E-state index contributed by atoms with van der Waals surface area (Å²) in [7, 11) is -2.94. The van der Waals surface area contributed by atoms with Gasteiger partial charge in [-0.05, 0) is 19.8 Å². The second-order valence-corrected chi connectivity index (χ2v) is 7.55. The van der Waals surface area contributed by atoms with Gasteiger partial charge in [0, 0.05) is 24.5 Å². The van der Waals surface area contributed by atoms with E-state index in [1.807, 2.05) is 13.8 Å². The van der Waals surface area contributed by atoms with Crippen LogP contribution in [0.3, 0.4) is 0 Å². The number of nitrogens with zero attached hydrogens (tertiary/aromatic N) is 2. The van der Waals surface area contributed by atoms with Gasteiger partial charge in [-0.15, -0.1) is 0 Å². The van der Waals surface area contributed by atoms with Gasteiger partial charge in [-0.1, -0.05) is 6.92 Å². The van der Waals surface area contributed by atoms with Gasteiger partial charge in [0.05, 0.1) is 17.1 Å². The van der Waals surface area contributed by atoms with Crippen LogP contribution in [0.15, 0.2) is 12.4 Å². The van der Waals surface area contributed by atoms with Crippen LogP contribution in [-0.4, -0.2) is 47.9 Å². The average Bonchev–Trinajstić information content (AvgIpc) is 2.78. The maximum Gasteiger partial charge on any atom is 0.254 e. The summed E-state index contributed by atoms with van der Waals surface area (Å²) in [6, 6.07) is -0.0613. The van der Waals surface area contributed by atoms with Crippen LogP contribution in [0.2, 0.25) is 0 Å². The second kappa shape index (κ2) is 6.38. The Balaban J connectivity index is 1.94. The molecule has 1 aliphatic rings. The summed E-state index contributed by atoms with van der Waals surface area (Å²) in [5, 5.41) is 5.81. The van der Waals surface area contributed by atoms with Crippen LogP contribution in [0, 0.1) is 0 Å². The number of nitrogens with one attached hydrogen (secondary N) is 2. The summed E-state index contributed by atoms with van der Waals surface area (Å²) in [5.74, 6) is 0.434. The van der Waals surface area contributed by atoms with Crippen molar-refractivity contribution in [2.75, 3.05) is 16.8 Å². The Bertz CT molecular complexity index is 600. The molecule has 1 aromatic rings. The Morgan fingerprint density at radius 3 is 2.62 bits per heavy atom. The molecular formula is C13H20N4O3S. The zero-order valence-electron chi connectivity index (χ0n) is 12.2. The van der Waals surface area contributed by atoms with E-state index in [4.69, 9.17) is 0 Å². The molecule has 116 valence electrons. The van der Waals surface area contributed by atoms with Gasteiger partial charge in [0.1, 0.15) is 0 Å². The lowest BCUT2D eigenvalue weighted by Gasteiger charge is -2.12. The second-order valence-electron chi connectivity index (χ2n) is 5.32. The smallest absolute Gasteiger partial charge is 0.254 e. The van der Waals surface area contributed by atoms with E-state index in [2.05, 4.69) is 20.6 Å². The summed E-state index contributed by atoms with van der Waals surface area (Å²) in [6.07, 6.45) is 4.29. The predicted octanol–water partition coefficient (Wildman–Crippen LogP) is 0.604. The molecule has 1 amide bonds. The number of aromatic nitrogens is 2. The first-order valence-corrected chi connectivity index (χ1v) is 8.81. The number of rotatable bonds is 5. The summed E-state index contributed by atoms with van der Waals surface area (Å²) in [4.78, 5) is 20.0. The molecule has 1 saturated heterocycles. The minimum atomic E-state index is -2.94.